The number of rotatable bonds is 9. The Bertz CT molecular complexity index is 1680. The smallest absolute Gasteiger partial charge is 0.162 e. The number of aliphatic hydroxyl groups is 1. The summed E-state index contributed by atoms with van der Waals surface area (Å²) < 4.78 is 0. The van der Waals surface area contributed by atoms with Crippen LogP contribution in [0.25, 0.3) is 32.8 Å². The maximum atomic E-state index is 11.7. The summed E-state index contributed by atoms with van der Waals surface area (Å²) >= 11 is 0. The number of benzene rings is 3. The van der Waals surface area contributed by atoms with Gasteiger partial charge in [-0.3, -0.25) is 9.78 Å². The van der Waals surface area contributed by atoms with Gasteiger partial charge in [-0.05, 0) is 90.5 Å². The number of nitrogens with zero attached hydrogens (tertiary/aromatic N) is 1. The summed E-state index contributed by atoms with van der Waals surface area (Å²) in [5.74, 6) is 1.23. The zero-order chi connectivity index (χ0) is 34.4. The van der Waals surface area contributed by atoms with Crippen LogP contribution in [0.3, 0.4) is 0 Å². The topological polar surface area (TPSA) is 50.2 Å². The van der Waals surface area contributed by atoms with Crippen molar-refractivity contribution >= 4 is 27.3 Å². The Morgan fingerprint density at radius 1 is 0.917 bits per heavy atom. The van der Waals surface area contributed by atoms with Crippen molar-refractivity contribution in [3.63, 3.8) is 0 Å². The molecule has 1 aliphatic rings. The third kappa shape index (κ3) is 9.66. The van der Waals surface area contributed by atoms with Gasteiger partial charge in [0.25, 0.3) is 0 Å². The minimum Gasteiger partial charge on any atom is -0.512 e. The first kappa shape index (κ1) is 39.6. The number of ketones is 1. The number of hydrogen-bond acceptors (Lipinski definition) is 3. The molecule has 3 aromatic carbocycles. The van der Waals surface area contributed by atoms with Gasteiger partial charge in [0.05, 0.1) is 5.76 Å². The number of hydrogen-bond donors (Lipinski definition) is 1. The third-order valence-corrected chi connectivity index (χ3v) is 10.5. The summed E-state index contributed by atoms with van der Waals surface area (Å²) in [6.07, 6.45) is 12.1. The van der Waals surface area contributed by atoms with Gasteiger partial charge in [0.15, 0.2) is 5.78 Å². The van der Waals surface area contributed by atoms with E-state index in [1.165, 1.54) is 59.0 Å². The molecule has 0 spiro atoms. The second-order valence-electron chi connectivity index (χ2n) is 15.5. The minimum atomic E-state index is 0. The fraction of sp³-hybridized carbons (Fsp3) is 0.500. The van der Waals surface area contributed by atoms with Crippen molar-refractivity contribution in [3.8, 4) is 11.3 Å². The van der Waals surface area contributed by atoms with E-state index in [1.807, 2.05) is 33.9 Å². The van der Waals surface area contributed by atoms with E-state index in [4.69, 9.17) is 4.98 Å². The van der Waals surface area contributed by atoms with E-state index in [9.17, 15) is 9.90 Å². The predicted molar refractivity (Wildman–Crippen MR) is 201 cm³/mol. The summed E-state index contributed by atoms with van der Waals surface area (Å²) in [5.41, 5.74) is 5.52. The van der Waals surface area contributed by atoms with Gasteiger partial charge in [-0.15, -0.1) is 29.1 Å². The second-order valence-corrected chi connectivity index (χ2v) is 15.5. The molecule has 0 atom stereocenters. The van der Waals surface area contributed by atoms with Crippen LogP contribution in [0.5, 0.6) is 0 Å². The molecule has 1 fully saturated rings. The number of allylic oxidation sites excluding steroid dienone is 2. The van der Waals surface area contributed by atoms with E-state index in [2.05, 4.69) is 95.3 Å². The van der Waals surface area contributed by atoms with E-state index in [1.54, 1.807) is 0 Å². The van der Waals surface area contributed by atoms with Gasteiger partial charge in [-0.2, -0.15) is 0 Å². The van der Waals surface area contributed by atoms with Crippen molar-refractivity contribution in [1.82, 2.24) is 4.98 Å². The monoisotopic (exact) mass is 825 g/mol. The standard InChI is InChI=1S/C31H34N.C13H24O2.Ir/c1-30(2,3)28-20-25(19-23-8-6-7-9-26(23)28)29-27-11-10-22(18-24(27)14-17-32-29)21-12-15-31(4,5)16-13-21;1-5-10(6-2)12(14)9-13(15)11(7-3)8-4;/h6-11,14,17-18,20-21H,12-13,15-16H2,1-5H3;9-11,14H,5-8H2,1-4H3;/q-1;;/b;12-9-;. The quantitative estimate of drug-likeness (QED) is 0.104. The summed E-state index contributed by atoms with van der Waals surface area (Å²) in [4.78, 5) is 16.6. The normalized spacial score (nSPS) is 15.4. The minimum absolute atomic E-state index is 0. The van der Waals surface area contributed by atoms with Crippen molar-refractivity contribution in [2.75, 3.05) is 0 Å². The molecule has 1 radical (unpaired) electrons. The van der Waals surface area contributed by atoms with E-state index in [-0.39, 0.29) is 48.9 Å². The van der Waals surface area contributed by atoms with Gasteiger partial charge in [-0.25, -0.2) is 0 Å². The fourth-order valence-corrected chi connectivity index (χ4v) is 7.16. The molecule has 4 heteroatoms. The SMILES string of the molecule is CC1(C)CCC(c2ccc3c(-c4[c-]c5ccccc5c(C(C)(C)C)c4)nccc3c2)CC1.CCC(CC)C(=O)/C=C(\O)C(CC)CC.[Ir]. The van der Waals surface area contributed by atoms with Crippen LogP contribution in [0, 0.1) is 23.3 Å². The van der Waals surface area contributed by atoms with Crippen LogP contribution in [0.15, 0.2) is 72.6 Å². The van der Waals surface area contributed by atoms with Gasteiger partial charge in [-0.1, -0.05) is 110 Å². The predicted octanol–water partition coefficient (Wildman–Crippen LogP) is 12.7. The van der Waals surface area contributed by atoms with E-state index in [0.717, 1.165) is 42.3 Å². The van der Waals surface area contributed by atoms with Crippen LogP contribution in [-0.2, 0) is 30.3 Å². The first-order chi connectivity index (χ1) is 22.3. The van der Waals surface area contributed by atoms with Crippen molar-refractivity contribution in [3.05, 3.63) is 89.8 Å². The molecular weight excluding hydrogens is 767 g/mol. The summed E-state index contributed by atoms with van der Waals surface area (Å²) in [6, 6.07) is 23.8. The van der Waals surface area contributed by atoms with Crippen molar-refractivity contribution in [1.29, 1.82) is 0 Å². The van der Waals surface area contributed by atoms with Crippen LogP contribution in [0.1, 0.15) is 131 Å². The Hall–Kier alpha value is -2.81. The van der Waals surface area contributed by atoms with Crippen molar-refractivity contribution in [2.24, 2.45) is 17.3 Å². The average Bonchev–Trinajstić information content (AvgIpc) is 3.04. The molecular formula is C44H58IrNO2-. The molecule has 1 aromatic heterocycles. The molecule has 0 amide bonds. The Labute approximate surface area is 304 Å². The summed E-state index contributed by atoms with van der Waals surface area (Å²) in [7, 11) is 0. The van der Waals surface area contributed by atoms with Crippen LogP contribution >= 0.6 is 0 Å². The average molecular weight is 825 g/mol. The zero-order valence-electron chi connectivity index (χ0n) is 30.9. The maximum Gasteiger partial charge on any atom is 0.162 e. The first-order valence-corrected chi connectivity index (χ1v) is 18.1. The van der Waals surface area contributed by atoms with Gasteiger partial charge in [0.1, 0.15) is 0 Å². The molecule has 1 aliphatic carbocycles. The molecule has 3 nitrogen and oxygen atoms in total. The van der Waals surface area contributed by atoms with E-state index < -0.39 is 0 Å². The Kier molecular flexibility index (Phi) is 14.2. The number of aromatic nitrogens is 1. The number of carbonyl (C=O) groups is 1. The van der Waals surface area contributed by atoms with Gasteiger partial charge < -0.3 is 5.11 Å². The molecule has 0 saturated heterocycles. The molecule has 0 aliphatic heterocycles. The van der Waals surface area contributed by atoms with Crippen molar-refractivity contribution < 1.29 is 30.0 Å². The molecule has 0 bridgehead atoms. The molecule has 1 heterocycles. The molecule has 5 rings (SSSR count). The molecule has 1 N–H and O–H groups in total. The third-order valence-electron chi connectivity index (χ3n) is 10.5. The van der Waals surface area contributed by atoms with Crippen LogP contribution in [0.2, 0.25) is 0 Å². The van der Waals surface area contributed by atoms with Crippen LogP contribution in [-0.4, -0.2) is 15.9 Å². The summed E-state index contributed by atoms with van der Waals surface area (Å²) in [6.45, 7) is 19.7. The van der Waals surface area contributed by atoms with Gasteiger partial charge in [0.2, 0.25) is 0 Å². The second kappa shape index (κ2) is 17.2. The Morgan fingerprint density at radius 2 is 1.54 bits per heavy atom. The number of aliphatic hydroxyl groups excluding tert-OH is 1. The Balaban J connectivity index is 0.000000334. The molecule has 1 saturated carbocycles. The van der Waals surface area contributed by atoms with E-state index in [0.29, 0.717) is 11.3 Å². The van der Waals surface area contributed by atoms with Gasteiger partial charge in [0, 0.05) is 49.9 Å². The van der Waals surface area contributed by atoms with Gasteiger partial charge >= 0.3 is 0 Å². The maximum absolute atomic E-state index is 11.7. The van der Waals surface area contributed by atoms with Crippen LogP contribution in [0.4, 0.5) is 0 Å². The summed E-state index contributed by atoms with van der Waals surface area (Å²) in [5, 5.41) is 14.7. The molecule has 4 aromatic rings. The van der Waals surface area contributed by atoms with Crippen LogP contribution < -0.4 is 0 Å². The van der Waals surface area contributed by atoms with Crippen molar-refractivity contribution in [2.45, 2.75) is 125 Å². The fourth-order valence-electron chi connectivity index (χ4n) is 7.16. The number of pyridine rings is 1. The number of carbonyl (C=O) groups excluding carboxylic acids is 1. The van der Waals surface area contributed by atoms with E-state index >= 15 is 0 Å². The molecule has 261 valence electrons. The number of fused-ring (bicyclic) bond motifs is 2. The molecule has 48 heavy (non-hydrogen) atoms. The zero-order valence-corrected chi connectivity index (χ0v) is 33.3. The first-order valence-electron chi connectivity index (χ1n) is 18.1. The Morgan fingerprint density at radius 3 is 2.15 bits per heavy atom. The molecule has 0 unspecified atom stereocenters. The largest absolute Gasteiger partial charge is 0.512 e.